The van der Waals surface area contributed by atoms with Crippen molar-refractivity contribution in [3.63, 3.8) is 0 Å². The second kappa shape index (κ2) is 11.8. The summed E-state index contributed by atoms with van der Waals surface area (Å²) in [6.07, 6.45) is -2.12. The number of fused-ring (bicyclic) bond motifs is 1. The minimum Gasteiger partial charge on any atom is -0.349 e. The number of aryl methyl sites for hydroxylation is 1. The largest absolute Gasteiger partial charge is 0.416 e. The van der Waals surface area contributed by atoms with Crippen LogP contribution in [0, 0.1) is 0 Å². The van der Waals surface area contributed by atoms with Gasteiger partial charge in [0.05, 0.1) is 22.9 Å². The maximum Gasteiger partial charge on any atom is 0.416 e. The minimum absolute atomic E-state index is 0.0563. The Hall–Kier alpha value is -3.40. The quantitative estimate of drug-likeness (QED) is 0.512. The van der Waals surface area contributed by atoms with Crippen LogP contribution in [0.1, 0.15) is 61.7 Å². The highest BCUT2D eigenvalue weighted by atomic mass is 19.4. The Labute approximate surface area is 214 Å². The van der Waals surface area contributed by atoms with E-state index in [4.69, 9.17) is 4.98 Å². The highest BCUT2D eigenvalue weighted by Crippen LogP contribution is 2.30. The number of rotatable bonds is 6. The number of alkyl halides is 3. The molecule has 2 aromatic heterocycles. The summed E-state index contributed by atoms with van der Waals surface area (Å²) >= 11 is 0. The molecule has 4 rings (SSSR count). The molecule has 7 nitrogen and oxygen atoms in total. The molecular formula is C27H34F3N5O2. The van der Waals surface area contributed by atoms with E-state index in [1.165, 1.54) is 16.7 Å². The lowest BCUT2D eigenvalue weighted by Crippen LogP contribution is -2.39. The third-order valence-corrected chi connectivity index (χ3v) is 6.39. The summed E-state index contributed by atoms with van der Waals surface area (Å²) in [5.41, 5.74) is 1.74. The lowest BCUT2D eigenvalue weighted by Gasteiger charge is -2.29. The van der Waals surface area contributed by atoms with Gasteiger partial charge in [0.25, 0.3) is 11.1 Å². The molecule has 3 heterocycles. The van der Waals surface area contributed by atoms with Crippen LogP contribution in [-0.2, 0) is 39.3 Å². The van der Waals surface area contributed by atoms with Crippen molar-refractivity contribution in [2.75, 3.05) is 11.9 Å². The van der Waals surface area contributed by atoms with E-state index in [-0.39, 0.29) is 17.2 Å². The molecule has 1 aliphatic heterocycles. The molecule has 3 aromatic rings. The normalized spacial score (nSPS) is 14.4. The van der Waals surface area contributed by atoms with Crippen LogP contribution >= 0.6 is 0 Å². The number of nitrogens with one attached hydrogen (secondary N) is 1. The second-order valence-electron chi connectivity index (χ2n) is 8.81. The molecule has 200 valence electrons. The summed E-state index contributed by atoms with van der Waals surface area (Å²) in [4.78, 5) is 32.5. The van der Waals surface area contributed by atoms with Gasteiger partial charge in [-0.2, -0.15) is 13.2 Å². The summed E-state index contributed by atoms with van der Waals surface area (Å²) in [6, 6.07) is 8.24. The molecule has 0 spiro atoms. The first-order valence-corrected chi connectivity index (χ1v) is 12.5. The number of nitrogens with zero attached hydrogens (tertiary/aromatic N) is 4. The van der Waals surface area contributed by atoms with Crippen molar-refractivity contribution in [3.05, 3.63) is 91.3 Å². The standard InChI is InChI=1S/C25H28F3N5O2.C2H6/c1-4-33-23(35)20-15-32(14-18-6-5-12-31(3)22(18)34)13-11-21(20)30-24(33)29-16(2)17-7-9-19(10-8-17)25(26,27)28;1-2/h5-10,12,16H,4,11,13-15H2,1-3H3,(H,29,30);1-2H3. The molecule has 1 aromatic carbocycles. The summed E-state index contributed by atoms with van der Waals surface area (Å²) < 4.78 is 41.7. The van der Waals surface area contributed by atoms with Crippen molar-refractivity contribution in [1.29, 1.82) is 0 Å². The molecule has 37 heavy (non-hydrogen) atoms. The zero-order valence-corrected chi connectivity index (χ0v) is 21.9. The molecule has 10 heteroatoms. The van der Waals surface area contributed by atoms with Gasteiger partial charge in [0.15, 0.2) is 0 Å². The monoisotopic (exact) mass is 517 g/mol. The lowest BCUT2D eigenvalue weighted by molar-refractivity contribution is -0.137. The van der Waals surface area contributed by atoms with Gasteiger partial charge in [0.2, 0.25) is 5.95 Å². The summed E-state index contributed by atoms with van der Waals surface area (Å²) in [5, 5.41) is 3.20. The number of pyridine rings is 1. The first kappa shape index (κ1) is 28.2. The molecule has 0 saturated heterocycles. The molecule has 1 aliphatic rings. The Kier molecular flexibility index (Phi) is 8.96. The predicted molar refractivity (Wildman–Crippen MR) is 139 cm³/mol. The third-order valence-electron chi connectivity index (χ3n) is 6.39. The van der Waals surface area contributed by atoms with E-state index in [0.717, 1.165) is 12.1 Å². The second-order valence-corrected chi connectivity index (χ2v) is 8.81. The number of hydrogen-bond donors (Lipinski definition) is 1. The minimum atomic E-state index is -4.39. The zero-order valence-electron chi connectivity index (χ0n) is 21.9. The van der Waals surface area contributed by atoms with Crippen LogP contribution in [0.3, 0.4) is 0 Å². The molecule has 1 unspecified atom stereocenters. The molecule has 0 bridgehead atoms. The van der Waals surface area contributed by atoms with Crippen LogP contribution in [0.25, 0.3) is 0 Å². The van der Waals surface area contributed by atoms with Crippen molar-refractivity contribution in [2.45, 2.75) is 66.0 Å². The molecule has 1 N–H and O–H groups in total. The molecule has 0 saturated carbocycles. The highest BCUT2D eigenvalue weighted by Gasteiger charge is 2.30. The van der Waals surface area contributed by atoms with Gasteiger partial charge in [0.1, 0.15) is 0 Å². The van der Waals surface area contributed by atoms with Gasteiger partial charge in [-0.25, -0.2) is 4.98 Å². The fraction of sp³-hybridized carbons (Fsp3) is 0.444. The average molecular weight is 518 g/mol. The van der Waals surface area contributed by atoms with Gasteiger partial charge < -0.3 is 9.88 Å². The number of anilines is 1. The highest BCUT2D eigenvalue weighted by molar-refractivity contribution is 5.37. The maximum atomic E-state index is 13.3. The van der Waals surface area contributed by atoms with E-state index in [0.29, 0.717) is 60.9 Å². The van der Waals surface area contributed by atoms with Crippen LogP contribution in [-0.4, -0.2) is 25.6 Å². The zero-order chi connectivity index (χ0) is 27.3. The van der Waals surface area contributed by atoms with Gasteiger partial charge in [0, 0.05) is 51.4 Å². The van der Waals surface area contributed by atoms with E-state index in [9.17, 15) is 22.8 Å². The number of benzene rings is 1. The first-order valence-electron chi connectivity index (χ1n) is 12.5. The molecular weight excluding hydrogens is 483 g/mol. The Balaban J connectivity index is 0.00000186. The number of halogens is 3. The Morgan fingerprint density at radius 1 is 1.08 bits per heavy atom. The molecule has 0 amide bonds. The SMILES string of the molecule is CC.CCn1c(NC(C)c2ccc(C(F)(F)F)cc2)nc2c(c1=O)CN(Cc1cccn(C)c1=O)CC2. The van der Waals surface area contributed by atoms with Crippen molar-refractivity contribution in [1.82, 2.24) is 19.0 Å². The van der Waals surface area contributed by atoms with Crippen molar-refractivity contribution < 1.29 is 13.2 Å². The Morgan fingerprint density at radius 3 is 2.38 bits per heavy atom. The molecule has 0 aliphatic carbocycles. The summed E-state index contributed by atoms with van der Waals surface area (Å²) in [6.45, 7) is 9.55. The van der Waals surface area contributed by atoms with Crippen molar-refractivity contribution >= 4 is 5.95 Å². The van der Waals surface area contributed by atoms with Crippen LogP contribution < -0.4 is 16.4 Å². The van der Waals surface area contributed by atoms with Crippen molar-refractivity contribution in [2.24, 2.45) is 7.05 Å². The van der Waals surface area contributed by atoms with Gasteiger partial charge >= 0.3 is 6.18 Å². The number of hydrogen-bond acceptors (Lipinski definition) is 5. The van der Waals surface area contributed by atoms with E-state index >= 15 is 0 Å². The summed E-state index contributed by atoms with van der Waals surface area (Å²) in [5.74, 6) is 0.397. The van der Waals surface area contributed by atoms with E-state index in [1.807, 2.05) is 33.8 Å². The van der Waals surface area contributed by atoms with Gasteiger partial charge in [-0.15, -0.1) is 0 Å². The molecule has 1 atom stereocenters. The third kappa shape index (κ3) is 6.30. The van der Waals surface area contributed by atoms with E-state index in [2.05, 4.69) is 10.2 Å². The van der Waals surface area contributed by atoms with Crippen LogP contribution in [0.15, 0.2) is 52.2 Å². The maximum absolute atomic E-state index is 13.3. The fourth-order valence-corrected chi connectivity index (χ4v) is 4.36. The van der Waals surface area contributed by atoms with Crippen LogP contribution in [0.5, 0.6) is 0 Å². The Morgan fingerprint density at radius 2 is 1.76 bits per heavy atom. The van der Waals surface area contributed by atoms with Gasteiger partial charge in [-0.05, 0) is 37.6 Å². The summed E-state index contributed by atoms with van der Waals surface area (Å²) in [7, 11) is 1.71. The average Bonchev–Trinajstić information content (AvgIpc) is 2.88. The molecule has 0 radical (unpaired) electrons. The number of aromatic nitrogens is 3. The lowest BCUT2D eigenvalue weighted by atomic mass is 10.1. The smallest absolute Gasteiger partial charge is 0.349 e. The predicted octanol–water partition coefficient (Wildman–Crippen LogP) is 4.74. The topological polar surface area (TPSA) is 72.2 Å². The van der Waals surface area contributed by atoms with E-state index in [1.54, 1.807) is 23.9 Å². The van der Waals surface area contributed by atoms with Gasteiger partial charge in [-0.1, -0.05) is 32.0 Å². The fourth-order valence-electron chi connectivity index (χ4n) is 4.36. The first-order chi connectivity index (χ1) is 17.6. The van der Waals surface area contributed by atoms with Crippen LogP contribution in [0.4, 0.5) is 19.1 Å². The van der Waals surface area contributed by atoms with Crippen LogP contribution in [0.2, 0.25) is 0 Å². The molecule has 0 fully saturated rings. The van der Waals surface area contributed by atoms with Crippen molar-refractivity contribution in [3.8, 4) is 0 Å². The Bertz CT molecular complexity index is 1330. The van der Waals surface area contributed by atoms with Gasteiger partial charge in [-0.3, -0.25) is 19.1 Å². The van der Waals surface area contributed by atoms with E-state index < -0.39 is 11.7 Å².